The number of methoxy groups -OCH3 is 1. The van der Waals surface area contributed by atoms with Crippen LogP contribution < -0.4 is 5.32 Å². The van der Waals surface area contributed by atoms with Crippen molar-refractivity contribution in [2.45, 2.75) is 63.6 Å². The second-order valence-corrected chi connectivity index (χ2v) is 10.7. The van der Waals surface area contributed by atoms with Crippen molar-refractivity contribution < 1.29 is 18.3 Å². The molecule has 1 aliphatic rings. The van der Waals surface area contributed by atoms with Crippen LogP contribution in [0.4, 0.5) is 0 Å². The van der Waals surface area contributed by atoms with Crippen LogP contribution in [0.5, 0.6) is 0 Å². The third-order valence-electron chi connectivity index (χ3n) is 4.78. The molecule has 1 aliphatic heterocycles. The van der Waals surface area contributed by atoms with Gasteiger partial charge in [-0.3, -0.25) is 0 Å². The minimum absolute atomic E-state index is 0.190. The van der Waals surface area contributed by atoms with Crippen molar-refractivity contribution in [3.05, 3.63) is 38.0 Å². The Morgan fingerprint density at radius 2 is 1.55 bits per heavy atom. The first-order valence-electron chi connectivity index (χ1n) is 10.8. The van der Waals surface area contributed by atoms with E-state index in [4.69, 9.17) is 18.3 Å². The third kappa shape index (κ3) is 11.9. The molecule has 29 heavy (non-hydrogen) atoms. The number of rotatable bonds is 13. The van der Waals surface area contributed by atoms with Crippen LogP contribution in [-0.2, 0) is 18.3 Å². The maximum absolute atomic E-state index is 5.95. The number of ether oxygens (including phenoxy) is 2. The summed E-state index contributed by atoms with van der Waals surface area (Å²) in [5, 5.41) is 3.15. The molecular weight excluding hydrogens is 382 g/mol. The fourth-order valence-corrected chi connectivity index (χ4v) is 7.38. The lowest BCUT2D eigenvalue weighted by Crippen LogP contribution is -2.64. The summed E-state index contributed by atoms with van der Waals surface area (Å²) < 4.78 is 22.6. The first kappa shape index (κ1) is 30.4. The molecule has 6 heteroatoms. The highest BCUT2D eigenvalue weighted by Crippen LogP contribution is 2.42. The molecule has 1 rings (SSSR count). The molecule has 1 N–H and O–H groups in total. The molecule has 0 bridgehead atoms. The molecule has 1 saturated heterocycles. The molecule has 0 aromatic carbocycles. The van der Waals surface area contributed by atoms with Gasteiger partial charge in [0.2, 0.25) is 0 Å². The van der Waals surface area contributed by atoms with Gasteiger partial charge in [-0.05, 0) is 31.9 Å². The van der Waals surface area contributed by atoms with Crippen LogP contribution in [-0.4, -0.2) is 61.4 Å². The van der Waals surface area contributed by atoms with Gasteiger partial charge in [-0.25, -0.2) is 0 Å². The molecule has 0 saturated carbocycles. The highest BCUT2D eigenvalue weighted by molar-refractivity contribution is 6.70. The van der Waals surface area contributed by atoms with Gasteiger partial charge in [0, 0.05) is 27.9 Å². The van der Waals surface area contributed by atoms with Crippen LogP contribution >= 0.6 is 0 Å². The lowest BCUT2D eigenvalue weighted by Gasteiger charge is -2.48. The molecule has 0 radical (unpaired) electrons. The zero-order chi connectivity index (χ0) is 22.4. The molecule has 1 fully saturated rings. The molecule has 5 nitrogen and oxygen atoms in total. The maximum Gasteiger partial charge on any atom is 0.370 e. The third-order valence-corrected chi connectivity index (χ3v) is 9.20. The molecule has 1 unspecified atom stereocenters. The first-order chi connectivity index (χ1) is 14.0. The largest absolute Gasteiger partial charge is 0.396 e. The fourth-order valence-electron chi connectivity index (χ4n) is 3.46. The van der Waals surface area contributed by atoms with Crippen molar-refractivity contribution in [1.29, 1.82) is 0 Å². The van der Waals surface area contributed by atoms with Crippen LogP contribution in [0.25, 0.3) is 0 Å². The maximum atomic E-state index is 5.95. The van der Waals surface area contributed by atoms with E-state index in [0.29, 0.717) is 13.2 Å². The number of nitrogens with one attached hydrogen (secondary N) is 1. The van der Waals surface area contributed by atoms with Crippen LogP contribution in [0.2, 0.25) is 6.04 Å². The second-order valence-electron chi connectivity index (χ2n) is 6.98. The van der Waals surface area contributed by atoms with E-state index in [-0.39, 0.29) is 5.22 Å². The van der Waals surface area contributed by atoms with Crippen molar-refractivity contribution in [2.24, 2.45) is 0 Å². The summed E-state index contributed by atoms with van der Waals surface area (Å²) in [6.45, 7) is 18.0. The minimum atomic E-state index is -2.25. The van der Waals surface area contributed by atoms with Gasteiger partial charge in [0.25, 0.3) is 0 Å². The summed E-state index contributed by atoms with van der Waals surface area (Å²) in [7, 11) is 3.12. The highest BCUT2D eigenvalue weighted by Gasteiger charge is 2.58. The van der Waals surface area contributed by atoms with Crippen molar-refractivity contribution in [1.82, 2.24) is 5.32 Å². The van der Waals surface area contributed by atoms with E-state index in [1.165, 1.54) is 19.3 Å². The molecule has 0 aromatic heterocycles. The zero-order valence-electron chi connectivity index (χ0n) is 19.8. The van der Waals surface area contributed by atoms with E-state index >= 15 is 0 Å². The quantitative estimate of drug-likeness (QED) is 0.248. The van der Waals surface area contributed by atoms with E-state index in [9.17, 15) is 0 Å². The van der Waals surface area contributed by atoms with E-state index in [1.807, 2.05) is 13.2 Å². The van der Waals surface area contributed by atoms with E-state index in [1.54, 1.807) is 26.4 Å². The standard InChI is InChI=1S/C14H29NO3Si.C6H10O.C3H8/c1-5-11-15-12-8-10-14(16-2)9-6-7-13-19(14,17-3)18-4;1-3-5-7-6-4-2;1-3-2/h5,15H,1,6-13H2,2-4H3;3-4H,1-2,5-6H2;3H2,1-2H3. The van der Waals surface area contributed by atoms with Crippen molar-refractivity contribution >= 4 is 8.56 Å². The molecule has 172 valence electrons. The molecular formula is C23H47NO4Si. The lowest BCUT2D eigenvalue weighted by atomic mass is 10.1. The van der Waals surface area contributed by atoms with Crippen molar-refractivity contribution in [3.63, 3.8) is 0 Å². The van der Waals surface area contributed by atoms with Crippen molar-refractivity contribution in [2.75, 3.05) is 47.6 Å². The lowest BCUT2D eigenvalue weighted by molar-refractivity contribution is -0.0156. The zero-order valence-corrected chi connectivity index (χ0v) is 20.8. The average Bonchev–Trinajstić information content (AvgIpc) is 2.75. The Balaban J connectivity index is 0. The Hall–Kier alpha value is -0.763. The molecule has 0 aliphatic carbocycles. The normalized spacial score (nSPS) is 19.8. The predicted molar refractivity (Wildman–Crippen MR) is 128 cm³/mol. The minimum Gasteiger partial charge on any atom is -0.396 e. The number of hydrogen-bond acceptors (Lipinski definition) is 5. The van der Waals surface area contributed by atoms with E-state index < -0.39 is 8.56 Å². The smallest absolute Gasteiger partial charge is 0.370 e. The molecule has 1 heterocycles. The molecule has 0 spiro atoms. The van der Waals surface area contributed by atoms with Crippen LogP contribution in [0.15, 0.2) is 38.0 Å². The van der Waals surface area contributed by atoms with Gasteiger partial charge in [-0.15, -0.1) is 19.7 Å². The van der Waals surface area contributed by atoms with Gasteiger partial charge in [0.15, 0.2) is 0 Å². The highest BCUT2D eigenvalue weighted by atomic mass is 28.4. The molecule has 0 aromatic rings. The Kier molecular flexibility index (Phi) is 21.5. The summed E-state index contributed by atoms with van der Waals surface area (Å²) in [5.41, 5.74) is 0. The van der Waals surface area contributed by atoms with Gasteiger partial charge < -0.3 is 23.6 Å². The van der Waals surface area contributed by atoms with Crippen LogP contribution in [0, 0.1) is 0 Å². The second kappa shape index (κ2) is 20.5. The summed E-state index contributed by atoms with van der Waals surface area (Å²) in [6.07, 6.45) is 12.1. The summed E-state index contributed by atoms with van der Waals surface area (Å²) in [5.74, 6) is 0. The molecule has 1 atom stereocenters. The van der Waals surface area contributed by atoms with Gasteiger partial charge in [0.1, 0.15) is 5.22 Å². The first-order valence-corrected chi connectivity index (χ1v) is 12.8. The van der Waals surface area contributed by atoms with Gasteiger partial charge >= 0.3 is 8.56 Å². The van der Waals surface area contributed by atoms with Crippen LogP contribution in [0.3, 0.4) is 0 Å². The Bertz CT molecular complexity index is 394. The Labute approximate surface area is 181 Å². The van der Waals surface area contributed by atoms with Gasteiger partial charge in [-0.2, -0.15) is 0 Å². The van der Waals surface area contributed by atoms with Gasteiger partial charge in [0.05, 0.1) is 13.2 Å². The summed E-state index contributed by atoms with van der Waals surface area (Å²) in [4.78, 5) is 0. The number of hydrogen-bond donors (Lipinski definition) is 1. The van der Waals surface area contributed by atoms with Crippen molar-refractivity contribution in [3.8, 4) is 0 Å². The fraction of sp³-hybridized carbons (Fsp3) is 0.739. The predicted octanol–water partition coefficient (Wildman–Crippen LogP) is 5.18. The Morgan fingerprint density at radius 1 is 0.966 bits per heavy atom. The van der Waals surface area contributed by atoms with E-state index in [2.05, 4.69) is 38.9 Å². The summed E-state index contributed by atoms with van der Waals surface area (Å²) in [6, 6.07) is 1.04. The van der Waals surface area contributed by atoms with Crippen LogP contribution in [0.1, 0.15) is 52.4 Å². The monoisotopic (exact) mass is 429 g/mol. The topological polar surface area (TPSA) is 49.0 Å². The van der Waals surface area contributed by atoms with Gasteiger partial charge in [-0.1, -0.05) is 51.3 Å². The summed E-state index contributed by atoms with van der Waals surface area (Å²) >= 11 is 0. The van der Waals surface area contributed by atoms with E-state index in [0.717, 1.165) is 38.4 Å². The Morgan fingerprint density at radius 3 is 2.00 bits per heavy atom. The average molecular weight is 430 g/mol. The molecule has 0 amide bonds. The SMILES string of the molecule is C=CCNCCCC1(OC)CCCC[Si]1(OC)OC.C=CCOCC=C.CCC.